The fourth-order valence-corrected chi connectivity index (χ4v) is 2.76. The van der Waals surface area contributed by atoms with Gasteiger partial charge in [-0.3, -0.25) is 4.79 Å². The summed E-state index contributed by atoms with van der Waals surface area (Å²) >= 11 is 5.92. The standard InChI is InChI=1S/C15H21ClN2O3/c1-15(2,3)21-14(20)11-6-5-7-18(11)13(19)12-8-10(16)9-17(12)4/h8-9,11H,5-7H2,1-4H3/t11-/m0/s1. The van der Waals surface area contributed by atoms with Gasteiger partial charge >= 0.3 is 5.97 Å². The minimum Gasteiger partial charge on any atom is -0.458 e. The SMILES string of the molecule is Cn1cc(Cl)cc1C(=O)N1CCC[C@H]1C(=O)OC(C)(C)C. The highest BCUT2D eigenvalue weighted by Crippen LogP contribution is 2.24. The van der Waals surface area contributed by atoms with E-state index in [9.17, 15) is 9.59 Å². The Bertz CT molecular complexity index is 560. The first-order valence-corrected chi connectivity index (χ1v) is 7.42. The normalized spacial score (nSPS) is 18.9. The number of hydrogen-bond acceptors (Lipinski definition) is 3. The van der Waals surface area contributed by atoms with Crippen molar-refractivity contribution in [2.45, 2.75) is 45.3 Å². The molecule has 1 aliphatic rings. The monoisotopic (exact) mass is 312 g/mol. The predicted octanol–water partition coefficient (Wildman–Crippen LogP) is 2.62. The summed E-state index contributed by atoms with van der Waals surface area (Å²) in [4.78, 5) is 26.4. The number of rotatable bonds is 2. The highest BCUT2D eigenvalue weighted by Gasteiger charge is 2.37. The van der Waals surface area contributed by atoms with Gasteiger partial charge in [-0.2, -0.15) is 0 Å². The molecule has 0 N–H and O–H groups in total. The molecular weight excluding hydrogens is 292 g/mol. The third-order valence-corrected chi connectivity index (χ3v) is 3.59. The van der Waals surface area contributed by atoms with Gasteiger partial charge in [-0.25, -0.2) is 4.79 Å². The van der Waals surface area contributed by atoms with Gasteiger partial charge in [-0.05, 0) is 39.7 Å². The first kappa shape index (κ1) is 15.9. The number of likely N-dealkylation sites (tertiary alicyclic amines) is 1. The molecular formula is C15H21ClN2O3. The largest absolute Gasteiger partial charge is 0.458 e. The number of hydrogen-bond donors (Lipinski definition) is 0. The van der Waals surface area contributed by atoms with Crippen molar-refractivity contribution in [2.75, 3.05) is 6.54 Å². The van der Waals surface area contributed by atoms with E-state index in [0.717, 1.165) is 6.42 Å². The summed E-state index contributed by atoms with van der Waals surface area (Å²) < 4.78 is 7.08. The lowest BCUT2D eigenvalue weighted by Crippen LogP contribution is -2.44. The quantitative estimate of drug-likeness (QED) is 0.789. The number of carbonyl (C=O) groups is 2. The number of aryl methyl sites for hydroxylation is 1. The van der Waals surface area contributed by atoms with Gasteiger partial charge in [0.2, 0.25) is 0 Å². The zero-order valence-electron chi connectivity index (χ0n) is 12.9. The first-order chi connectivity index (χ1) is 9.69. The minimum atomic E-state index is -0.553. The van der Waals surface area contributed by atoms with Crippen molar-refractivity contribution < 1.29 is 14.3 Å². The third-order valence-electron chi connectivity index (χ3n) is 3.38. The van der Waals surface area contributed by atoms with Crippen LogP contribution in [0.2, 0.25) is 5.02 Å². The Morgan fingerprint density at radius 3 is 2.57 bits per heavy atom. The summed E-state index contributed by atoms with van der Waals surface area (Å²) in [6.45, 7) is 6.03. The molecule has 5 nitrogen and oxygen atoms in total. The Balaban J connectivity index is 2.17. The van der Waals surface area contributed by atoms with Crippen LogP contribution in [0.15, 0.2) is 12.3 Å². The van der Waals surface area contributed by atoms with Crippen molar-refractivity contribution in [3.05, 3.63) is 23.0 Å². The molecule has 1 aliphatic heterocycles. The number of amides is 1. The summed E-state index contributed by atoms with van der Waals surface area (Å²) in [5.41, 5.74) is -0.0710. The van der Waals surface area contributed by atoms with Crippen LogP contribution in [-0.4, -0.2) is 39.5 Å². The molecule has 1 amide bonds. The van der Waals surface area contributed by atoms with Gasteiger partial charge < -0.3 is 14.2 Å². The van der Waals surface area contributed by atoms with Crippen LogP contribution in [0.1, 0.15) is 44.1 Å². The lowest BCUT2D eigenvalue weighted by atomic mass is 10.1. The summed E-state index contributed by atoms with van der Waals surface area (Å²) in [5, 5.41) is 0.508. The van der Waals surface area contributed by atoms with Crippen molar-refractivity contribution in [3.8, 4) is 0 Å². The topological polar surface area (TPSA) is 51.5 Å². The number of aromatic nitrogens is 1. The van der Waals surface area contributed by atoms with E-state index in [4.69, 9.17) is 16.3 Å². The van der Waals surface area contributed by atoms with Crippen LogP contribution in [0.3, 0.4) is 0 Å². The zero-order chi connectivity index (χ0) is 15.8. The molecule has 1 saturated heterocycles. The predicted molar refractivity (Wildman–Crippen MR) is 80.3 cm³/mol. The maximum absolute atomic E-state index is 12.6. The van der Waals surface area contributed by atoms with E-state index < -0.39 is 11.6 Å². The minimum absolute atomic E-state index is 0.183. The molecule has 116 valence electrons. The lowest BCUT2D eigenvalue weighted by Gasteiger charge is -2.27. The van der Waals surface area contributed by atoms with Crippen molar-refractivity contribution in [2.24, 2.45) is 7.05 Å². The molecule has 0 aromatic carbocycles. The molecule has 0 spiro atoms. The Morgan fingerprint density at radius 2 is 2.05 bits per heavy atom. The van der Waals surface area contributed by atoms with E-state index in [1.165, 1.54) is 0 Å². The molecule has 0 saturated carbocycles. The van der Waals surface area contributed by atoms with E-state index in [0.29, 0.717) is 23.7 Å². The van der Waals surface area contributed by atoms with Gasteiger partial charge in [-0.15, -0.1) is 0 Å². The van der Waals surface area contributed by atoms with Crippen LogP contribution >= 0.6 is 11.6 Å². The number of esters is 1. The van der Waals surface area contributed by atoms with E-state index in [2.05, 4.69) is 0 Å². The molecule has 1 fully saturated rings. The molecule has 0 unspecified atom stereocenters. The van der Waals surface area contributed by atoms with Crippen LogP contribution < -0.4 is 0 Å². The van der Waals surface area contributed by atoms with Gasteiger partial charge in [0, 0.05) is 19.8 Å². The highest BCUT2D eigenvalue weighted by molar-refractivity contribution is 6.31. The lowest BCUT2D eigenvalue weighted by molar-refractivity contribution is -0.159. The van der Waals surface area contributed by atoms with Gasteiger partial charge in [0.15, 0.2) is 0 Å². The average Bonchev–Trinajstić information content (AvgIpc) is 2.92. The molecule has 1 aromatic rings. The Kier molecular flexibility index (Phi) is 4.33. The van der Waals surface area contributed by atoms with Crippen LogP contribution in [-0.2, 0) is 16.6 Å². The molecule has 1 atom stereocenters. The molecule has 6 heteroatoms. The van der Waals surface area contributed by atoms with Crippen LogP contribution in [0.5, 0.6) is 0 Å². The summed E-state index contributed by atoms with van der Waals surface area (Å²) in [5.74, 6) is -0.522. The summed E-state index contributed by atoms with van der Waals surface area (Å²) in [6, 6.07) is 1.11. The van der Waals surface area contributed by atoms with E-state index in [1.54, 1.807) is 28.8 Å². The number of halogens is 1. The summed E-state index contributed by atoms with van der Waals surface area (Å²) in [6.07, 6.45) is 3.11. The second-order valence-corrected chi connectivity index (χ2v) is 6.78. The van der Waals surface area contributed by atoms with Gasteiger partial charge in [0.25, 0.3) is 5.91 Å². The first-order valence-electron chi connectivity index (χ1n) is 7.05. The average molecular weight is 313 g/mol. The Morgan fingerprint density at radius 1 is 1.38 bits per heavy atom. The van der Waals surface area contributed by atoms with Gasteiger partial charge in [0.1, 0.15) is 17.3 Å². The maximum atomic E-state index is 12.6. The van der Waals surface area contributed by atoms with Crippen LogP contribution in [0.25, 0.3) is 0 Å². The van der Waals surface area contributed by atoms with E-state index in [1.807, 2.05) is 20.8 Å². The summed E-state index contributed by atoms with van der Waals surface area (Å²) in [7, 11) is 1.76. The highest BCUT2D eigenvalue weighted by atomic mass is 35.5. The van der Waals surface area contributed by atoms with E-state index >= 15 is 0 Å². The molecule has 2 rings (SSSR count). The third kappa shape index (κ3) is 3.59. The van der Waals surface area contributed by atoms with E-state index in [-0.39, 0.29) is 11.9 Å². The fourth-order valence-electron chi connectivity index (χ4n) is 2.51. The van der Waals surface area contributed by atoms with Gasteiger partial charge in [-0.1, -0.05) is 11.6 Å². The molecule has 2 heterocycles. The molecule has 1 aromatic heterocycles. The second kappa shape index (κ2) is 5.72. The second-order valence-electron chi connectivity index (χ2n) is 6.34. The number of ether oxygens (including phenoxy) is 1. The molecule has 0 aliphatic carbocycles. The smallest absolute Gasteiger partial charge is 0.329 e. The molecule has 0 bridgehead atoms. The Hall–Kier alpha value is -1.49. The molecule has 0 radical (unpaired) electrons. The van der Waals surface area contributed by atoms with Crippen molar-refractivity contribution in [1.29, 1.82) is 0 Å². The van der Waals surface area contributed by atoms with Crippen molar-refractivity contribution in [1.82, 2.24) is 9.47 Å². The fraction of sp³-hybridized carbons (Fsp3) is 0.600. The maximum Gasteiger partial charge on any atom is 0.329 e. The van der Waals surface area contributed by atoms with Crippen LogP contribution in [0.4, 0.5) is 0 Å². The molecule has 21 heavy (non-hydrogen) atoms. The van der Waals surface area contributed by atoms with Crippen LogP contribution in [0, 0.1) is 0 Å². The Labute approximate surface area is 129 Å². The van der Waals surface area contributed by atoms with Crippen molar-refractivity contribution in [3.63, 3.8) is 0 Å². The van der Waals surface area contributed by atoms with Gasteiger partial charge in [0.05, 0.1) is 5.02 Å². The number of carbonyl (C=O) groups excluding carboxylic acids is 2. The zero-order valence-corrected chi connectivity index (χ0v) is 13.6. The van der Waals surface area contributed by atoms with Crippen molar-refractivity contribution >= 4 is 23.5 Å². The number of nitrogens with zero attached hydrogens (tertiary/aromatic N) is 2.